The van der Waals surface area contributed by atoms with Gasteiger partial charge < -0.3 is 0 Å². The van der Waals surface area contributed by atoms with E-state index < -0.39 is 0 Å². The molecule has 5 heavy (non-hydrogen) atoms. The third-order valence-corrected chi connectivity index (χ3v) is 0.298. The Labute approximate surface area is 33.7 Å². The van der Waals surface area contributed by atoms with Gasteiger partial charge in [-0.3, -0.25) is 0 Å². The monoisotopic (exact) mass is 68.1 g/mol. The summed E-state index contributed by atoms with van der Waals surface area (Å²) in [4.78, 5) is 1.78. The van der Waals surface area contributed by atoms with E-state index in [1.165, 1.54) is 6.09 Å². The Balaban J connectivity index is 2.83. The first-order chi connectivity index (χ1) is 2.27. The summed E-state index contributed by atoms with van der Waals surface area (Å²) in [6.07, 6.45) is 1.50. The van der Waals surface area contributed by atoms with E-state index >= 15 is 0 Å². The van der Waals surface area contributed by atoms with Gasteiger partial charge in [0.1, 0.15) is 0 Å². The molecule has 0 saturated carbocycles. The van der Waals surface area contributed by atoms with Gasteiger partial charge in [-0.05, 0) is 0 Å². The van der Waals surface area contributed by atoms with Crippen molar-refractivity contribution in [2.75, 3.05) is 14.1 Å². The van der Waals surface area contributed by atoms with E-state index in [0.717, 1.165) is 0 Å². The fraction of sp³-hybridized carbons (Fsp3) is 0.667. The van der Waals surface area contributed by atoms with Crippen LogP contribution >= 0.6 is 0 Å². The summed E-state index contributed by atoms with van der Waals surface area (Å²) >= 11 is 0. The van der Waals surface area contributed by atoms with Crippen molar-refractivity contribution < 1.29 is 0 Å². The summed E-state index contributed by atoms with van der Waals surface area (Å²) < 4.78 is 0. The van der Waals surface area contributed by atoms with Gasteiger partial charge >= 0.3 is 32.6 Å². The molecule has 0 aromatic rings. The predicted octanol–water partition coefficient (Wildman–Crippen LogP) is -0.524. The third-order valence-electron chi connectivity index (χ3n) is 0.298. The van der Waals surface area contributed by atoms with E-state index in [1.807, 2.05) is 14.1 Å². The Morgan fingerprint density at radius 2 is 1.80 bits per heavy atom. The van der Waals surface area contributed by atoms with Crippen LogP contribution in [0.1, 0.15) is 0 Å². The number of rotatable bonds is 1. The number of nitrogens with zero attached hydrogens (tertiary/aromatic N) is 1. The van der Waals surface area contributed by atoms with Crippen LogP contribution in [0.15, 0.2) is 0 Å². The van der Waals surface area contributed by atoms with E-state index in [4.69, 9.17) is 7.49 Å². The molecule has 0 aliphatic heterocycles. The van der Waals surface area contributed by atoms with Crippen LogP contribution in [-0.4, -0.2) is 32.6 Å². The molecule has 1 radical (unpaired) electrons. The van der Waals surface area contributed by atoms with Crippen molar-refractivity contribution in [2.45, 2.75) is 0 Å². The van der Waals surface area contributed by atoms with E-state index in [-0.39, 0.29) is 0 Å². The Morgan fingerprint density at radius 3 is 1.80 bits per heavy atom. The molecule has 0 aliphatic carbocycles. The van der Waals surface area contributed by atoms with E-state index in [0.29, 0.717) is 0 Å². The zero-order chi connectivity index (χ0) is 4.28. The molecule has 0 unspecified atom stereocenters. The van der Waals surface area contributed by atoms with Crippen LogP contribution in [0.3, 0.4) is 0 Å². The van der Waals surface area contributed by atoms with Gasteiger partial charge in [-0.15, -0.1) is 0 Å². The third kappa shape index (κ3) is 3.73. The van der Waals surface area contributed by atoms with Gasteiger partial charge in [-0.2, -0.15) is 0 Å². The Morgan fingerprint density at radius 1 is 1.60 bits per heavy atom. The normalized spacial score (nSPS) is 6.60. The summed E-state index contributed by atoms with van der Waals surface area (Å²) in [6.45, 7) is 0. The molecule has 0 aliphatic rings. The molecule has 0 heterocycles. The van der Waals surface area contributed by atoms with Crippen LogP contribution in [0.4, 0.5) is 0 Å². The number of hydrogen-bond acceptors (Lipinski definition) is 1. The van der Waals surface area contributed by atoms with Gasteiger partial charge in [0.05, 0.1) is 0 Å². The van der Waals surface area contributed by atoms with Crippen molar-refractivity contribution in [2.24, 2.45) is 0 Å². The second-order valence-corrected chi connectivity index (χ2v) is 1.11. The zero-order valence-electron chi connectivity index (χ0n) is 3.60. The summed E-state index contributed by atoms with van der Waals surface area (Å²) in [6, 6.07) is 0. The molecular formula is C3H7BN. The predicted molar refractivity (Wildman–Crippen MR) is 25.5 cm³/mol. The van der Waals surface area contributed by atoms with Gasteiger partial charge in [0.25, 0.3) is 0 Å². The molecule has 0 spiro atoms. The van der Waals surface area contributed by atoms with E-state index in [9.17, 15) is 0 Å². The zero-order valence-corrected chi connectivity index (χ0v) is 3.60. The van der Waals surface area contributed by atoms with Gasteiger partial charge in [-0.1, -0.05) is 0 Å². The molecule has 0 amide bonds. The van der Waals surface area contributed by atoms with Crippen LogP contribution in [0.5, 0.6) is 0 Å². The molecule has 0 aromatic carbocycles. The quantitative estimate of drug-likeness (QED) is 0.373. The fourth-order valence-corrected chi connectivity index (χ4v) is 0. The Bertz CT molecular complexity index is 33.9. The molecule has 0 bridgehead atoms. The maximum absolute atomic E-state index is 4.97. The topological polar surface area (TPSA) is 3.24 Å². The van der Waals surface area contributed by atoms with Crippen molar-refractivity contribution in [3.8, 4) is 0 Å². The molecule has 1 nitrogen and oxygen atoms in total. The summed E-state index contributed by atoms with van der Waals surface area (Å²) in [7, 11) is 8.72. The SMILES string of the molecule is [B]=CN(C)C. The molecule has 0 N–H and O–H groups in total. The Kier molecular flexibility index (Phi) is 1.90. The molecule has 0 fully saturated rings. The van der Waals surface area contributed by atoms with Crippen molar-refractivity contribution in [3.05, 3.63) is 0 Å². The van der Waals surface area contributed by atoms with E-state index in [2.05, 4.69) is 0 Å². The Hall–Kier alpha value is -0.265. The first-order valence-corrected chi connectivity index (χ1v) is 1.49. The molecule has 27 valence electrons. The second kappa shape index (κ2) is 2.00. The van der Waals surface area contributed by atoms with Crippen LogP contribution in [0.25, 0.3) is 0 Å². The summed E-state index contributed by atoms with van der Waals surface area (Å²) in [5.41, 5.74) is 0. The van der Waals surface area contributed by atoms with Crippen molar-refractivity contribution in [1.29, 1.82) is 0 Å². The maximum atomic E-state index is 4.97. The van der Waals surface area contributed by atoms with Crippen LogP contribution in [-0.2, 0) is 0 Å². The van der Waals surface area contributed by atoms with Crippen molar-refractivity contribution >= 4 is 13.6 Å². The molecular weight excluding hydrogens is 60.9 g/mol. The first-order valence-electron chi connectivity index (χ1n) is 1.49. The van der Waals surface area contributed by atoms with E-state index in [1.54, 1.807) is 4.90 Å². The fourth-order valence-electron chi connectivity index (χ4n) is 0. The molecule has 2 heteroatoms. The van der Waals surface area contributed by atoms with Crippen molar-refractivity contribution in [3.63, 3.8) is 0 Å². The van der Waals surface area contributed by atoms with Gasteiger partial charge in [0, 0.05) is 0 Å². The average molecular weight is 67.9 g/mol. The molecule has 0 rings (SSSR count). The standard InChI is InChI=1S/C3H7BN/c1-5(2)3-4/h3H,1-2H3. The molecule has 0 aromatic heterocycles. The first kappa shape index (κ1) is 4.73. The molecule has 0 saturated heterocycles. The van der Waals surface area contributed by atoms with Gasteiger partial charge in [0.15, 0.2) is 0 Å². The summed E-state index contributed by atoms with van der Waals surface area (Å²) in [5.74, 6) is 0. The minimum atomic E-state index is 1.50. The van der Waals surface area contributed by atoms with Crippen LogP contribution in [0, 0.1) is 0 Å². The minimum absolute atomic E-state index is 1.50. The van der Waals surface area contributed by atoms with Crippen LogP contribution in [0.2, 0.25) is 0 Å². The van der Waals surface area contributed by atoms with Crippen LogP contribution < -0.4 is 0 Å². The second-order valence-electron chi connectivity index (χ2n) is 1.11. The van der Waals surface area contributed by atoms with Gasteiger partial charge in [-0.25, -0.2) is 0 Å². The molecule has 0 atom stereocenters. The number of hydrogen-bond donors (Lipinski definition) is 0. The average Bonchev–Trinajstić information content (AvgIpc) is 1.38. The summed E-state index contributed by atoms with van der Waals surface area (Å²) in [5, 5.41) is 0. The van der Waals surface area contributed by atoms with Gasteiger partial charge in [0.2, 0.25) is 0 Å². The van der Waals surface area contributed by atoms with Crippen molar-refractivity contribution in [1.82, 2.24) is 4.90 Å².